The van der Waals surface area contributed by atoms with Gasteiger partial charge in [-0.2, -0.15) is 0 Å². The predicted octanol–water partition coefficient (Wildman–Crippen LogP) is 4.36. The van der Waals surface area contributed by atoms with E-state index in [4.69, 9.17) is 9.57 Å². The highest BCUT2D eigenvalue weighted by molar-refractivity contribution is 9.10. The zero-order valence-electron chi connectivity index (χ0n) is 17.8. The molecule has 0 fully saturated rings. The van der Waals surface area contributed by atoms with Gasteiger partial charge in [-0.25, -0.2) is 24.0 Å². The Kier molecular flexibility index (Phi) is 6.79. The Morgan fingerprint density at radius 1 is 1.22 bits per heavy atom. The van der Waals surface area contributed by atoms with Crippen molar-refractivity contribution < 1.29 is 27.9 Å². The zero-order chi connectivity index (χ0) is 23.6. The number of anilines is 2. The van der Waals surface area contributed by atoms with Gasteiger partial charge in [0.05, 0.1) is 28.8 Å². The van der Waals surface area contributed by atoms with Crippen LogP contribution in [-0.4, -0.2) is 33.6 Å². The average molecular weight is 511 g/mol. The Morgan fingerprint density at radius 2 is 1.94 bits per heavy atom. The van der Waals surface area contributed by atoms with Gasteiger partial charge in [-0.05, 0) is 45.0 Å². The molecule has 2 N–H and O–H groups in total. The molecule has 1 heterocycles. The molecule has 0 aliphatic carbocycles. The third-order valence-electron chi connectivity index (χ3n) is 4.17. The molecule has 0 atom stereocenters. The van der Waals surface area contributed by atoms with Crippen molar-refractivity contribution >= 4 is 50.2 Å². The van der Waals surface area contributed by atoms with E-state index in [2.05, 4.69) is 31.7 Å². The van der Waals surface area contributed by atoms with Crippen molar-refractivity contribution in [3.63, 3.8) is 0 Å². The van der Waals surface area contributed by atoms with Crippen LogP contribution in [0.3, 0.4) is 0 Å². The lowest BCUT2D eigenvalue weighted by Crippen LogP contribution is -2.31. The number of ether oxygens (including phenoxy) is 1. The number of aryl methyl sites for hydroxylation is 1. The van der Waals surface area contributed by atoms with Crippen molar-refractivity contribution in [2.45, 2.75) is 26.4 Å². The summed E-state index contributed by atoms with van der Waals surface area (Å²) in [7, 11) is 1.64. The number of nitrogens with zero attached hydrogens (tertiary/aromatic N) is 2. The van der Waals surface area contributed by atoms with E-state index >= 15 is 4.39 Å². The molecule has 1 amide bonds. The average Bonchev–Trinajstić information content (AvgIpc) is 3.05. The summed E-state index contributed by atoms with van der Waals surface area (Å²) < 4.78 is 36.7. The van der Waals surface area contributed by atoms with Gasteiger partial charge in [0.25, 0.3) is 5.91 Å². The van der Waals surface area contributed by atoms with Crippen LogP contribution in [-0.2, 0) is 21.4 Å². The summed E-state index contributed by atoms with van der Waals surface area (Å²) in [5.41, 5.74) is 1.19. The minimum atomic E-state index is -0.851. The fourth-order valence-electron chi connectivity index (χ4n) is 2.84. The number of carbonyl (C=O) groups excluding carboxylic acids is 2. The summed E-state index contributed by atoms with van der Waals surface area (Å²) in [4.78, 5) is 33.5. The van der Waals surface area contributed by atoms with Crippen molar-refractivity contribution in [1.29, 1.82) is 0 Å². The first-order valence-corrected chi connectivity index (χ1v) is 10.2. The van der Waals surface area contributed by atoms with Gasteiger partial charge in [0.1, 0.15) is 16.9 Å². The molecule has 0 saturated heterocycles. The molecule has 1 aromatic heterocycles. The lowest BCUT2D eigenvalue weighted by Gasteiger charge is -2.19. The van der Waals surface area contributed by atoms with Crippen LogP contribution in [0.4, 0.5) is 20.2 Å². The first kappa shape index (κ1) is 23.6. The molecule has 0 bridgehead atoms. The number of benzene rings is 2. The van der Waals surface area contributed by atoms with E-state index in [1.807, 2.05) is 0 Å². The molecule has 0 saturated carbocycles. The van der Waals surface area contributed by atoms with E-state index in [1.54, 1.807) is 33.9 Å². The topological polar surface area (TPSA) is 94.5 Å². The first-order valence-electron chi connectivity index (χ1n) is 9.46. The number of amides is 1. The van der Waals surface area contributed by atoms with Gasteiger partial charge in [-0.3, -0.25) is 9.63 Å². The maximum Gasteiger partial charge on any atom is 0.335 e. The van der Waals surface area contributed by atoms with Gasteiger partial charge >= 0.3 is 5.97 Å². The molecule has 0 unspecified atom stereocenters. The normalized spacial score (nSPS) is 11.5. The van der Waals surface area contributed by atoms with Gasteiger partial charge < -0.3 is 14.6 Å². The molecule has 0 aliphatic rings. The Bertz CT molecular complexity index is 1190. The van der Waals surface area contributed by atoms with Gasteiger partial charge in [0.15, 0.2) is 12.4 Å². The molecule has 0 spiro atoms. The minimum Gasteiger partial charge on any atom is -0.458 e. The molecular weight excluding hydrogens is 490 g/mol. The Balaban J connectivity index is 1.90. The van der Waals surface area contributed by atoms with Crippen LogP contribution in [0.5, 0.6) is 0 Å². The van der Waals surface area contributed by atoms with E-state index in [0.717, 1.165) is 0 Å². The smallest absolute Gasteiger partial charge is 0.335 e. The highest BCUT2D eigenvalue weighted by Crippen LogP contribution is 2.32. The van der Waals surface area contributed by atoms with Crippen molar-refractivity contribution in [1.82, 2.24) is 15.0 Å². The maximum absolute atomic E-state index is 15.3. The van der Waals surface area contributed by atoms with E-state index in [9.17, 15) is 14.0 Å². The largest absolute Gasteiger partial charge is 0.458 e. The third kappa shape index (κ3) is 5.40. The number of fused-ring (bicyclic) bond motifs is 1. The molecule has 8 nitrogen and oxygen atoms in total. The maximum atomic E-state index is 15.3. The molecule has 170 valence electrons. The number of hydrogen-bond donors (Lipinski definition) is 2. The number of halogens is 3. The quantitative estimate of drug-likeness (QED) is 0.378. The van der Waals surface area contributed by atoms with Crippen molar-refractivity contribution in [2.75, 3.05) is 11.9 Å². The van der Waals surface area contributed by atoms with E-state index < -0.39 is 35.7 Å². The van der Waals surface area contributed by atoms with Gasteiger partial charge in [-0.1, -0.05) is 15.9 Å². The Labute approximate surface area is 191 Å². The second-order valence-corrected chi connectivity index (χ2v) is 8.81. The SMILES string of the molecule is Cn1cnc2c(F)c(Nc3ccc(Br)cc3F)c(C(=O)NOCC(=O)OC(C)(C)C)cc21. The molecule has 3 rings (SSSR count). The molecule has 0 radical (unpaired) electrons. The number of imidazole rings is 1. The van der Waals surface area contributed by atoms with E-state index in [1.165, 1.54) is 29.1 Å². The molecule has 3 aromatic rings. The lowest BCUT2D eigenvalue weighted by atomic mass is 10.1. The Hall–Kier alpha value is -3.05. The second-order valence-electron chi connectivity index (χ2n) is 7.89. The zero-order valence-corrected chi connectivity index (χ0v) is 19.3. The lowest BCUT2D eigenvalue weighted by molar-refractivity contribution is -0.162. The number of aromatic nitrogens is 2. The van der Waals surface area contributed by atoms with Crippen LogP contribution in [0.15, 0.2) is 35.1 Å². The summed E-state index contributed by atoms with van der Waals surface area (Å²) in [6.45, 7) is 4.52. The summed E-state index contributed by atoms with van der Waals surface area (Å²) >= 11 is 3.15. The standard InChI is InChI=1S/C21H21BrF2N4O4/c1-21(2,3)32-16(29)9-31-27-20(30)12-8-15-19(25-10-28(15)4)17(24)18(12)26-14-6-5-11(22)7-13(14)23/h5-8,10,26H,9H2,1-4H3,(H,27,30). The number of nitrogens with one attached hydrogen (secondary N) is 2. The van der Waals surface area contributed by atoms with Crippen molar-refractivity contribution in [3.8, 4) is 0 Å². The van der Waals surface area contributed by atoms with E-state index in [0.29, 0.717) is 9.99 Å². The van der Waals surface area contributed by atoms with Gasteiger partial charge in [-0.15, -0.1) is 0 Å². The van der Waals surface area contributed by atoms with Crippen LogP contribution in [0, 0.1) is 11.6 Å². The summed E-state index contributed by atoms with van der Waals surface area (Å²) in [6, 6.07) is 5.54. The van der Waals surface area contributed by atoms with Crippen LogP contribution < -0.4 is 10.8 Å². The Morgan fingerprint density at radius 3 is 2.59 bits per heavy atom. The van der Waals surface area contributed by atoms with Crippen LogP contribution in [0.2, 0.25) is 0 Å². The number of carbonyl (C=O) groups is 2. The molecule has 0 aliphatic heterocycles. The highest BCUT2D eigenvalue weighted by Gasteiger charge is 2.23. The second kappa shape index (κ2) is 9.21. The van der Waals surface area contributed by atoms with E-state index in [-0.39, 0.29) is 22.5 Å². The van der Waals surface area contributed by atoms with Gasteiger partial charge in [0, 0.05) is 11.5 Å². The number of hydrogen-bond acceptors (Lipinski definition) is 6. The molecule has 32 heavy (non-hydrogen) atoms. The molecule has 2 aromatic carbocycles. The number of esters is 1. The third-order valence-corrected chi connectivity index (χ3v) is 4.66. The summed E-state index contributed by atoms with van der Waals surface area (Å²) in [5.74, 6) is -3.05. The first-order chi connectivity index (χ1) is 15.0. The fraction of sp³-hybridized carbons (Fsp3) is 0.286. The van der Waals surface area contributed by atoms with Crippen LogP contribution in [0.1, 0.15) is 31.1 Å². The van der Waals surface area contributed by atoms with Crippen molar-refractivity contribution in [2.24, 2.45) is 7.05 Å². The molecule has 11 heteroatoms. The predicted molar refractivity (Wildman–Crippen MR) is 117 cm³/mol. The molecular formula is C21H21BrF2N4O4. The number of rotatable bonds is 6. The van der Waals surface area contributed by atoms with Crippen molar-refractivity contribution in [3.05, 3.63) is 52.3 Å². The summed E-state index contributed by atoms with van der Waals surface area (Å²) in [6.07, 6.45) is 1.39. The summed E-state index contributed by atoms with van der Waals surface area (Å²) in [5, 5.41) is 2.62. The minimum absolute atomic E-state index is 0.00116. The van der Waals surface area contributed by atoms with Crippen LogP contribution >= 0.6 is 15.9 Å². The fourth-order valence-corrected chi connectivity index (χ4v) is 3.17. The van der Waals surface area contributed by atoms with Gasteiger partial charge in [0.2, 0.25) is 0 Å². The number of hydroxylamine groups is 1. The highest BCUT2D eigenvalue weighted by atomic mass is 79.9. The monoisotopic (exact) mass is 510 g/mol. The van der Waals surface area contributed by atoms with Crippen LogP contribution in [0.25, 0.3) is 11.0 Å².